The van der Waals surface area contributed by atoms with Gasteiger partial charge in [-0.3, -0.25) is 4.79 Å². The third-order valence-corrected chi connectivity index (χ3v) is 7.55. The number of carbonyl (C=O) groups excluding carboxylic acids is 1. The molecule has 0 spiro atoms. The molecule has 1 N–H and O–H groups in total. The number of likely N-dealkylation sites (tertiary alicyclic amines) is 1. The van der Waals surface area contributed by atoms with E-state index in [1.165, 1.54) is 25.7 Å². The van der Waals surface area contributed by atoms with Crippen molar-refractivity contribution in [3.05, 3.63) is 28.2 Å². The predicted octanol–water partition coefficient (Wildman–Crippen LogP) is 4.65. The molecule has 0 unspecified atom stereocenters. The van der Waals surface area contributed by atoms with E-state index in [2.05, 4.69) is 39.8 Å². The van der Waals surface area contributed by atoms with Gasteiger partial charge in [0.2, 0.25) is 0 Å². The van der Waals surface area contributed by atoms with Crippen LogP contribution in [0, 0.1) is 11.8 Å². The van der Waals surface area contributed by atoms with Gasteiger partial charge in [-0.15, -0.1) is 0 Å². The van der Waals surface area contributed by atoms with Crippen molar-refractivity contribution in [3.63, 3.8) is 0 Å². The van der Waals surface area contributed by atoms with E-state index >= 15 is 0 Å². The van der Waals surface area contributed by atoms with E-state index in [0.717, 1.165) is 53.5 Å². The monoisotopic (exact) mass is 447 g/mol. The van der Waals surface area contributed by atoms with Gasteiger partial charge in [0.1, 0.15) is 0 Å². The summed E-state index contributed by atoms with van der Waals surface area (Å²) in [5, 5.41) is 12.7. The Bertz CT molecular complexity index is 763. The average molecular weight is 448 g/mol. The highest BCUT2D eigenvalue weighted by Crippen LogP contribution is 2.37. The molecule has 152 valence electrons. The highest BCUT2D eigenvalue weighted by atomic mass is 79.9. The molecule has 2 fully saturated rings. The standard InChI is InChI=1S/C22H30BrN3O2/c1-14(2)15-3-6-17(7-4-15)25-11-9-18(10-12-25)26-20-8-5-16(23)13-19(20)21(24-28)22(26)27/h5,8,13-15,17-18,28H,3-4,6-7,9-12H2,1-2H3. The molecule has 28 heavy (non-hydrogen) atoms. The van der Waals surface area contributed by atoms with Crippen LogP contribution in [-0.4, -0.2) is 46.9 Å². The Morgan fingerprint density at radius 3 is 2.36 bits per heavy atom. The molecular formula is C22H30BrN3O2. The first-order chi connectivity index (χ1) is 13.5. The molecular weight excluding hydrogens is 418 g/mol. The first kappa shape index (κ1) is 19.9. The van der Waals surface area contributed by atoms with Crippen LogP contribution >= 0.6 is 15.9 Å². The first-order valence-corrected chi connectivity index (χ1v) is 11.4. The second kappa shape index (κ2) is 8.15. The lowest BCUT2D eigenvalue weighted by molar-refractivity contribution is -0.113. The number of fused-ring (bicyclic) bond motifs is 1. The maximum absolute atomic E-state index is 12.9. The van der Waals surface area contributed by atoms with Gasteiger partial charge in [0.15, 0.2) is 5.71 Å². The number of rotatable bonds is 3. The normalized spacial score (nSPS) is 28.4. The lowest BCUT2D eigenvalue weighted by atomic mass is 9.79. The van der Waals surface area contributed by atoms with Gasteiger partial charge in [-0.2, -0.15) is 0 Å². The zero-order chi connectivity index (χ0) is 19.8. The zero-order valence-corrected chi connectivity index (χ0v) is 18.4. The summed E-state index contributed by atoms with van der Waals surface area (Å²) in [6.45, 7) is 6.79. The van der Waals surface area contributed by atoms with Crippen molar-refractivity contribution in [2.24, 2.45) is 17.0 Å². The lowest BCUT2D eigenvalue weighted by Gasteiger charge is -2.43. The second-order valence-electron chi connectivity index (χ2n) is 8.86. The first-order valence-electron chi connectivity index (χ1n) is 10.6. The number of carbonyl (C=O) groups is 1. The predicted molar refractivity (Wildman–Crippen MR) is 115 cm³/mol. The summed E-state index contributed by atoms with van der Waals surface area (Å²) in [6, 6.07) is 6.65. The molecule has 1 saturated carbocycles. The summed E-state index contributed by atoms with van der Waals surface area (Å²) < 4.78 is 0.883. The summed E-state index contributed by atoms with van der Waals surface area (Å²) in [7, 11) is 0. The summed E-state index contributed by atoms with van der Waals surface area (Å²) in [4.78, 5) is 17.4. The van der Waals surface area contributed by atoms with Gasteiger partial charge in [-0.1, -0.05) is 34.9 Å². The molecule has 4 rings (SSSR count). The van der Waals surface area contributed by atoms with Crippen molar-refractivity contribution >= 4 is 33.2 Å². The molecule has 6 heteroatoms. The zero-order valence-electron chi connectivity index (χ0n) is 16.8. The van der Waals surface area contributed by atoms with Crippen LogP contribution in [0.2, 0.25) is 0 Å². The summed E-state index contributed by atoms with van der Waals surface area (Å²) in [5.74, 6) is 1.52. The molecule has 0 bridgehead atoms. The molecule has 1 aromatic carbocycles. The van der Waals surface area contributed by atoms with Crippen LogP contribution in [0.3, 0.4) is 0 Å². The van der Waals surface area contributed by atoms with Gasteiger partial charge in [-0.05, 0) is 68.6 Å². The largest absolute Gasteiger partial charge is 0.410 e. The van der Waals surface area contributed by atoms with Gasteiger partial charge < -0.3 is 15.0 Å². The summed E-state index contributed by atoms with van der Waals surface area (Å²) >= 11 is 3.45. The van der Waals surface area contributed by atoms with Crippen molar-refractivity contribution in [2.75, 3.05) is 18.0 Å². The maximum atomic E-state index is 12.9. The van der Waals surface area contributed by atoms with Crippen LogP contribution in [-0.2, 0) is 4.79 Å². The molecule has 0 atom stereocenters. The molecule has 1 aliphatic carbocycles. The Balaban J connectivity index is 1.41. The fraction of sp³-hybridized carbons (Fsp3) is 0.636. The number of oxime groups is 1. The third kappa shape index (κ3) is 3.61. The van der Waals surface area contributed by atoms with Crippen LogP contribution in [0.5, 0.6) is 0 Å². The van der Waals surface area contributed by atoms with Crippen LogP contribution < -0.4 is 4.90 Å². The molecule has 0 aromatic heterocycles. The lowest BCUT2D eigenvalue weighted by Crippen LogP contribution is -2.50. The topological polar surface area (TPSA) is 56.1 Å². The van der Waals surface area contributed by atoms with Crippen molar-refractivity contribution in [3.8, 4) is 0 Å². The van der Waals surface area contributed by atoms with E-state index in [1.807, 2.05) is 23.1 Å². The number of anilines is 1. The Labute approximate surface area is 175 Å². The van der Waals surface area contributed by atoms with Crippen molar-refractivity contribution < 1.29 is 10.0 Å². The van der Waals surface area contributed by atoms with E-state index in [-0.39, 0.29) is 17.7 Å². The highest BCUT2D eigenvalue weighted by Gasteiger charge is 2.40. The Morgan fingerprint density at radius 1 is 1.07 bits per heavy atom. The molecule has 2 heterocycles. The van der Waals surface area contributed by atoms with Crippen molar-refractivity contribution in [1.82, 2.24) is 4.90 Å². The number of piperidine rings is 1. The second-order valence-corrected chi connectivity index (χ2v) is 9.78. The maximum Gasteiger partial charge on any atom is 0.281 e. The van der Waals surface area contributed by atoms with Crippen LogP contribution in [0.25, 0.3) is 0 Å². The van der Waals surface area contributed by atoms with Crippen molar-refractivity contribution in [1.29, 1.82) is 0 Å². The van der Waals surface area contributed by atoms with Gasteiger partial charge >= 0.3 is 0 Å². The van der Waals surface area contributed by atoms with E-state index in [4.69, 9.17) is 0 Å². The van der Waals surface area contributed by atoms with E-state index < -0.39 is 0 Å². The van der Waals surface area contributed by atoms with E-state index in [9.17, 15) is 10.0 Å². The molecule has 1 saturated heterocycles. The van der Waals surface area contributed by atoms with Gasteiger partial charge in [0.25, 0.3) is 5.91 Å². The number of nitrogens with zero attached hydrogens (tertiary/aromatic N) is 3. The average Bonchev–Trinajstić information content (AvgIpc) is 2.98. The Kier molecular flexibility index (Phi) is 5.79. The minimum atomic E-state index is -0.175. The van der Waals surface area contributed by atoms with Gasteiger partial charge in [-0.25, -0.2) is 0 Å². The number of amides is 1. The molecule has 1 amide bonds. The van der Waals surface area contributed by atoms with E-state index in [1.54, 1.807) is 0 Å². The Morgan fingerprint density at radius 2 is 1.75 bits per heavy atom. The molecule has 3 aliphatic rings. The Hall–Kier alpha value is -1.40. The minimum absolute atomic E-state index is 0.158. The van der Waals surface area contributed by atoms with Crippen LogP contribution in [0.4, 0.5) is 5.69 Å². The highest BCUT2D eigenvalue weighted by molar-refractivity contribution is 9.10. The van der Waals surface area contributed by atoms with Crippen LogP contribution in [0.1, 0.15) is 57.9 Å². The van der Waals surface area contributed by atoms with Crippen LogP contribution in [0.15, 0.2) is 27.8 Å². The van der Waals surface area contributed by atoms with Gasteiger partial charge in [0, 0.05) is 35.2 Å². The summed E-state index contributed by atoms with van der Waals surface area (Å²) in [5.41, 5.74) is 1.75. The third-order valence-electron chi connectivity index (χ3n) is 7.06. The number of hydrogen-bond donors (Lipinski definition) is 1. The molecule has 1 aromatic rings. The summed E-state index contributed by atoms with van der Waals surface area (Å²) in [6.07, 6.45) is 7.29. The quantitative estimate of drug-likeness (QED) is 0.541. The van der Waals surface area contributed by atoms with Crippen molar-refractivity contribution in [2.45, 2.75) is 64.5 Å². The molecule has 2 aliphatic heterocycles. The smallest absolute Gasteiger partial charge is 0.281 e. The van der Waals surface area contributed by atoms with Gasteiger partial charge in [0.05, 0.1) is 5.69 Å². The number of halogens is 1. The number of hydrogen-bond acceptors (Lipinski definition) is 4. The SMILES string of the molecule is CC(C)C1CCC(N2CCC(N3C(=O)C(=NO)c4cc(Br)ccc43)CC2)CC1. The minimum Gasteiger partial charge on any atom is -0.410 e. The molecule has 0 radical (unpaired) electrons. The van der Waals surface area contributed by atoms with E-state index in [0.29, 0.717) is 6.04 Å². The fourth-order valence-corrected chi connectivity index (χ4v) is 5.71. The molecule has 5 nitrogen and oxygen atoms in total. The number of benzene rings is 1. The fourth-order valence-electron chi connectivity index (χ4n) is 5.35.